The molecule has 0 saturated carbocycles. The number of rotatable bonds is 2. The molecule has 1 amide bonds. The zero-order valence-electron chi connectivity index (χ0n) is 11.3. The van der Waals surface area contributed by atoms with Crippen molar-refractivity contribution in [3.8, 4) is 0 Å². The fourth-order valence-corrected chi connectivity index (χ4v) is 2.38. The van der Waals surface area contributed by atoms with E-state index in [0.717, 1.165) is 37.2 Å². The maximum Gasteiger partial charge on any atom is 0.231 e. The summed E-state index contributed by atoms with van der Waals surface area (Å²) in [5.41, 5.74) is 1.46. The molecule has 0 aliphatic carbocycles. The molecule has 1 aliphatic heterocycles. The van der Waals surface area contributed by atoms with Crippen molar-refractivity contribution in [3.63, 3.8) is 0 Å². The number of aryl methyl sites for hydroxylation is 1. The van der Waals surface area contributed by atoms with Crippen LogP contribution in [0.3, 0.4) is 0 Å². The minimum absolute atomic E-state index is 0. The highest BCUT2D eigenvalue weighted by Crippen LogP contribution is 2.28. The molecule has 1 aliphatic rings. The fraction of sp³-hybridized carbons (Fsp3) is 0.500. The topological polar surface area (TPSA) is 41.1 Å². The maximum absolute atomic E-state index is 12.3. The van der Waals surface area contributed by atoms with Crippen molar-refractivity contribution in [2.24, 2.45) is 5.41 Å². The first-order valence-corrected chi connectivity index (χ1v) is 6.67. The lowest BCUT2D eigenvalue weighted by Crippen LogP contribution is -2.46. The Balaban J connectivity index is 0.00000180. The van der Waals surface area contributed by atoms with Crippen molar-refractivity contribution < 1.29 is 4.79 Å². The first-order valence-electron chi connectivity index (χ1n) is 6.30. The molecule has 1 aromatic rings. The molecule has 1 saturated heterocycles. The zero-order chi connectivity index (χ0) is 13.2. The lowest BCUT2D eigenvalue weighted by Gasteiger charge is -2.32. The normalized spacial score (nSPS) is 22.5. The highest BCUT2D eigenvalue weighted by molar-refractivity contribution is 6.31. The van der Waals surface area contributed by atoms with Crippen molar-refractivity contribution in [3.05, 3.63) is 28.8 Å². The van der Waals surface area contributed by atoms with Crippen LogP contribution in [0, 0.1) is 12.3 Å². The summed E-state index contributed by atoms with van der Waals surface area (Å²) in [5.74, 6) is 0.0645. The van der Waals surface area contributed by atoms with Crippen molar-refractivity contribution in [2.75, 3.05) is 18.4 Å². The third kappa shape index (κ3) is 3.85. The Labute approximate surface area is 125 Å². The Morgan fingerprint density at radius 2 is 2.21 bits per heavy atom. The van der Waals surface area contributed by atoms with E-state index in [-0.39, 0.29) is 23.7 Å². The van der Waals surface area contributed by atoms with Gasteiger partial charge in [0.25, 0.3) is 0 Å². The van der Waals surface area contributed by atoms with Crippen LogP contribution in [0.2, 0.25) is 5.02 Å². The number of piperidine rings is 1. The molecule has 5 heteroatoms. The van der Waals surface area contributed by atoms with E-state index >= 15 is 0 Å². The summed E-state index contributed by atoms with van der Waals surface area (Å²) in [6, 6.07) is 5.60. The van der Waals surface area contributed by atoms with Gasteiger partial charge in [-0.25, -0.2) is 0 Å². The van der Waals surface area contributed by atoms with E-state index in [9.17, 15) is 4.79 Å². The van der Waals surface area contributed by atoms with Gasteiger partial charge in [-0.1, -0.05) is 17.7 Å². The number of hydrogen-bond donors (Lipinski definition) is 2. The predicted octanol–water partition coefficient (Wildman–Crippen LogP) is 3.40. The molecule has 2 rings (SSSR count). The standard InChI is InChI=1S/C14H19ClN2O.ClH/c1-10-4-5-11(8-12(10)15)17-13(18)14(2)6-3-7-16-9-14;/h4-5,8,16H,3,6-7,9H2,1-2H3,(H,17,18);1H. The minimum atomic E-state index is -0.324. The molecule has 1 aromatic carbocycles. The van der Waals surface area contributed by atoms with E-state index in [1.165, 1.54) is 0 Å². The van der Waals surface area contributed by atoms with Crippen molar-refractivity contribution in [1.82, 2.24) is 5.32 Å². The Hall–Kier alpha value is -0.770. The summed E-state index contributed by atoms with van der Waals surface area (Å²) in [5, 5.41) is 6.91. The molecule has 106 valence electrons. The highest BCUT2D eigenvalue weighted by Gasteiger charge is 2.34. The highest BCUT2D eigenvalue weighted by atomic mass is 35.5. The van der Waals surface area contributed by atoms with Gasteiger partial charge in [0.1, 0.15) is 0 Å². The quantitative estimate of drug-likeness (QED) is 0.879. The number of halogens is 2. The average molecular weight is 303 g/mol. The second-order valence-electron chi connectivity index (χ2n) is 5.26. The Morgan fingerprint density at radius 1 is 1.47 bits per heavy atom. The summed E-state index contributed by atoms with van der Waals surface area (Å²) < 4.78 is 0. The largest absolute Gasteiger partial charge is 0.326 e. The van der Waals surface area contributed by atoms with Gasteiger partial charge in [-0.3, -0.25) is 4.79 Å². The van der Waals surface area contributed by atoms with Crippen LogP contribution in [-0.2, 0) is 4.79 Å². The van der Waals surface area contributed by atoms with Crippen molar-refractivity contribution >= 4 is 35.6 Å². The van der Waals surface area contributed by atoms with Gasteiger partial charge in [-0.05, 0) is 50.9 Å². The fourth-order valence-electron chi connectivity index (χ4n) is 2.20. The second-order valence-corrected chi connectivity index (χ2v) is 5.67. The number of anilines is 1. The average Bonchev–Trinajstić information content (AvgIpc) is 2.35. The van der Waals surface area contributed by atoms with E-state index < -0.39 is 0 Å². The van der Waals surface area contributed by atoms with Crippen LogP contribution in [0.1, 0.15) is 25.3 Å². The van der Waals surface area contributed by atoms with Gasteiger partial charge in [0.05, 0.1) is 5.41 Å². The molecule has 0 aromatic heterocycles. The lowest BCUT2D eigenvalue weighted by atomic mass is 9.82. The van der Waals surface area contributed by atoms with Crippen molar-refractivity contribution in [1.29, 1.82) is 0 Å². The van der Waals surface area contributed by atoms with Gasteiger partial charge in [0, 0.05) is 17.3 Å². The van der Waals surface area contributed by atoms with Crippen LogP contribution >= 0.6 is 24.0 Å². The van der Waals surface area contributed by atoms with Crippen LogP contribution in [-0.4, -0.2) is 19.0 Å². The molecular weight excluding hydrogens is 283 g/mol. The summed E-state index contributed by atoms with van der Waals surface area (Å²) >= 11 is 6.05. The number of hydrogen-bond acceptors (Lipinski definition) is 2. The number of carbonyl (C=O) groups is 1. The van der Waals surface area contributed by atoms with Crippen molar-refractivity contribution in [2.45, 2.75) is 26.7 Å². The predicted molar refractivity (Wildman–Crippen MR) is 82.3 cm³/mol. The maximum atomic E-state index is 12.3. The van der Waals surface area contributed by atoms with E-state index in [1.54, 1.807) is 6.07 Å². The first kappa shape index (κ1) is 16.3. The van der Waals surface area contributed by atoms with Gasteiger partial charge in [-0.2, -0.15) is 0 Å². The Kier molecular flexibility index (Phi) is 5.65. The van der Waals surface area contributed by atoms with E-state index in [4.69, 9.17) is 11.6 Å². The molecule has 1 fully saturated rings. The van der Waals surface area contributed by atoms with E-state index in [0.29, 0.717) is 5.02 Å². The smallest absolute Gasteiger partial charge is 0.231 e. The van der Waals surface area contributed by atoms with Crippen LogP contribution in [0.5, 0.6) is 0 Å². The monoisotopic (exact) mass is 302 g/mol. The number of amides is 1. The third-order valence-corrected chi connectivity index (χ3v) is 3.98. The number of benzene rings is 1. The molecule has 1 heterocycles. The minimum Gasteiger partial charge on any atom is -0.326 e. The summed E-state index contributed by atoms with van der Waals surface area (Å²) in [6.07, 6.45) is 1.96. The summed E-state index contributed by atoms with van der Waals surface area (Å²) in [4.78, 5) is 12.3. The molecule has 0 radical (unpaired) electrons. The molecule has 1 atom stereocenters. The van der Waals surface area contributed by atoms with Crippen LogP contribution < -0.4 is 10.6 Å². The second kappa shape index (κ2) is 6.60. The lowest BCUT2D eigenvalue weighted by molar-refractivity contribution is -0.125. The Morgan fingerprint density at radius 3 is 2.79 bits per heavy atom. The molecule has 19 heavy (non-hydrogen) atoms. The number of nitrogens with one attached hydrogen (secondary N) is 2. The third-order valence-electron chi connectivity index (χ3n) is 3.58. The van der Waals surface area contributed by atoms with Crippen LogP contribution in [0.15, 0.2) is 18.2 Å². The molecular formula is C14H20Cl2N2O. The van der Waals surface area contributed by atoms with Crippen LogP contribution in [0.25, 0.3) is 0 Å². The van der Waals surface area contributed by atoms with E-state index in [1.807, 2.05) is 26.0 Å². The van der Waals surface area contributed by atoms with Gasteiger partial charge < -0.3 is 10.6 Å². The SMILES string of the molecule is Cc1ccc(NC(=O)C2(C)CCCNC2)cc1Cl.Cl. The van der Waals surface area contributed by atoms with Gasteiger partial charge >= 0.3 is 0 Å². The molecule has 0 bridgehead atoms. The number of carbonyl (C=O) groups excluding carboxylic acids is 1. The molecule has 2 N–H and O–H groups in total. The van der Waals surface area contributed by atoms with Gasteiger partial charge in [0.2, 0.25) is 5.91 Å². The van der Waals surface area contributed by atoms with Crippen LogP contribution in [0.4, 0.5) is 5.69 Å². The molecule has 3 nitrogen and oxygen atoms in total. The summed E-state index contributed by atoms with van der Waals surface area (Å²) in [7, 11) is 0. The zero-order valence-corrected chi connectivity index (χ0v) is 12.8. The Bertz CT molecular complexity index is 457. The molecule has 0 spiro atoms. The molecule has 1 unspecified atom stereocenters. The first-order chi connectivity index (χ1) is 8.51. The van der Waals surface area contributed by atoms with Gasteiger partial charge in [0.15, 0.2) is 0 Å². The van der Waals surface area contributed by atoms with E-state index in [2.05, 4.69) is 10.6 Å². The summed E-state index contributed by atoms with van der Waals surface area (Å²) in [6.45, 7) is 5.68. The van der Waals surface area contributed by atoms with Gasteiger partial charge in [-0.15, -0.1) is 12.4 Å².